The number of pyridine rings is 1. The number of nitrogens with two attached hydrogens (primary N) is 2. The monoisotopic (exact) mass is 486 g/mol. The Bertz CT molecular complexity index is 1250. The summed E-state index contributed by atoms with van der Waals surface area (Å²) in [5, 5.41) is 3.44. The normalized spacial score (nSPS) is 20.6. The zero-order valence-electron chi connectivity index (χ0n) is 21.9. The number of hydrogen-bond acceptors (Lipinski definition) is 6. The number of aromatic nitrogens is 1. The second-order valence-corrected chi connectivity index (χ2v) is 10.5. The molecule has 5 N–H and O–H groups in total. The van der Waals surface area contributed by atoms with Gasteiger partial charge in [-0.15, -0.1) is 0 Å². The molecule has 6 heteroatoms. The van der Waals surface area contributed by atoms with Crippen molar-refractivity contribution in [3.8, 4) is 22.6 Å². The fraction of sp³-hybridized carbons (Fsp3) is 0.433. The third-order valence-corrected chi connectivity index (χ3v) is 7.60. The first kappa shape index (κ1) is 24.4. The summed E-state index contributed by atoms with van der Waals surface area (Å²) in [5.41, 5.74) is 22.8. The maximum atomic E-state index is 6.10. The third-order valence-electron chi connectivity index (χ3n) is 7.60. The van der Waals surface area contributed by atoms with Crippen LogP contribution in [0.5, 0.6) is 11.5 Å². The van der Waals surface area contributed by atoms with E-state index in [4.69, 9.17) is 20.9 Å². The fourth-order valence-corrected chi connectivity index (χ4v) is 6.14. The minimum absolute atomic E-state index is 0.199. The maximum absolute atomic E-state index is 6.10. The van der Waals surface area contributed by atoms with Gasteiger partial charge in [-0.05, 0) is 112 Å². The lowest BCUT2D eigenvalue weighted by atomic mass is 9.83. The van der Waals surface area contributed by atoms with E-state index >= 15 is 0 Å². The highest BCUT2D eigenvalue weighted by Crippen LogP contribution is 2.44. The molecule has 190 valence electrons. The average molecular weight is 487 g/mol. The Labute approximate surface area is 214 Å². The van der Waals surface area contributed by atoms with Crippen molar-refractivity contribution < 1.29 is 9.47 Å². The van der Waals surface area contributed by atoms with E-state index in [1.807, 2.05) is 30.6 Å². The number of nitrogens with zero attached hydrogens (tertiary/aromatic N) is 1. The Kier molecular flexibility index (Phi) is 6.80. The number of nitrogens with one attached hydrogen (secondary N) is 1. The molecule has 3 aromatic rings. The molecule has 3 aliphatic heterocycles. The molecule has 1 saturated heterocycles. The molecule has 0 saturated carbocycles. The maximum Gasteiger partial charge on any atom is 0.146 e. The van der Waals surface area contributed by atoms with E-state index < -0.39 is 0 Å². The van der Waals surface area contributed by atoms with Crippen molar-refractivity contribution in [2.45, 2.75) is 71.5 Å². The highest BCUT2D eigenvalue weighted by molar-refractivity contribution is 5.79. The molecule has 4 heterocycles. The summed E-state index contributed by atoms with van der Waals surface area (Å²) < 4.78 is 11.7. The lowest BCUT2D eigenvalue weighted by Crippen LogP contribution is -2.27. The van der Waals surface area contributed by atoms with Crippen LogP contribution < -0.4 is 26.3 Å². The number of ether oxygens (including phenoxy) is 2. The molecule has 1 fully saturated rings. The molecule has 0 amide bonds. The number of piperidine rings is 1. The van der Waals surface area contributed by atoms with Crippen molar-refractivity contribution in [3.63, 3.8) is 0 Å². The quantitative estimate of drug-likeness (QED) is 0.424. The Hall–Kier alpha value is -3.25. The molecule has 0 bridgehead atoms. The first-order chi connectivity index (χ1) is 17.3. The average Bonchev–Trinajstić information content (AvgIpc) is 3.44. The standard InChI is InChI=1S/C15H22N2O.C15H16N2O/c2*1-9-7-13(16)15-12(8-10(2)18-15)14(9)11-3-5-17-6-4-11/h7,10-11,17H,3-6,8,16H2,1-2H3;3-7,10H,8,16H2,1-2H3/t2*10-/m11/s1. The second-order valence-electron chi connectivity index (χ2n) is 10.5. The summed E-state index contributed by atoms with van der Waals surface area (Å²) in [7, 11) is 0. The third kappa shape index (κ3) is 4.62. The van der Waals surface area contributed by atoms with Crippen molar-refractivity contribution in [2.75, 3.05) is 24.6 Å². The molecule has 0 radical (unpaired) electrons. The van der Waals surface area contributed by atoms with Gasteiger partial charge < -0.3 is 26.3 Å². The summed E-state index contributed by atoms with van der Waals surface area (Å²) in [4.78, 5) is 4.07. The number of rotatable bonds is 2. The van der Waals surface area contributed by atoms with Crippen LogP contribution in [0.4, 0.5) is 11.4 Å². The van der Waals surface area contributed by atoms with Gasteiger partial charge in [0, 0.05) is 36.4 Å². The Morgan fingerprint density at radius 2 is 1.39 bits per heavy atom. The van der Waals surface area contributed by atoms with Gasteiger partial charge in [0.2, 0.25) is 0 Å². The summed E-state index contributed by atoms with van der Waals surface area (Å²) in [6.07, 6.45) is 8.48. The van der Waals surface area contributed by atoms with Crippen molar-refractivity contribution in [1.29, 1.82) is 0 Å². The number of hydrogen-bond donors (Lipinski definition) is 3. The molecule has 0 spiro atoms. The van der Waals surface area contributed by atoms with Gasteiger partial charge in [0.1, 0.15) is 23.7 Å². The van der Waals surface area contributed by atoms with Crippen LogP contribution in [-0.2, 0) is 12.8 Å². The molecule has 0 unspecified atom stereocenters. The van der Waals surface area contributed by atoms with Crippen molar-refractivity contribution in [3.05, 3.63) is 64.5 Å². The van der Waals surface area contributed by atoms with Crippen molar-refractivity contribution in [1.82, 2.24) is 10.3 Å². The molecule has 6 nitrogen and oxygen atoms in total. The Morgan fingerprint density at radius 3 is 2.03 bits per heavy atom. The molecule has 0 aliphatic carbocycles. The number of anilines is 2. The van der Waals surface area contributed by atoms with Crippen LogP contribution in [0.2, 0.25) is 0 Å². The van der Waals surface area contributed by atoms with E-state index in [2.05, 4.69) is 44.1 Å². The number of nitrogen functional groups attached to an aromatic ring is 2. The fourth-order valence-electron chi connectivity index (χ4n) is 6.14. The van der Waals surface area contributed by atoms with Crippen molar-refractivity contribution in [2.24, 2.45) is 0 Å². The van der Waals surface area contributed by atoms with Crippen LogP contribution in [-0.4, -0.2) is 30.3 Å². The van der Waals surface area contributed by atoms with E-state index in [-0.39, 0.29) is 12.2 Å². The first-order valence-corrected chi connectivity index (χ1v) is 13.1. The minimum Gasteiger partial charge on any atom is -0.488 e. The van der Waals surface area contributed by atoms with Gasteiger partial charge in [0.25, 0.3) is 0 Å². The smallest absolute Gasteiger partial charge is 0.146 e. The first-order valence-electron chi connectivity index (χ1n) is 13.1. The zero-order valence-corrected chi connectivity index (χ0v) is 21.9. The topological polar surface area (TPSA) is 95.4 Å². The van der Waals surface area contributed by atoms with E-state index in [9.17, 15) is 0 Å². The van der Waals surface area contributed by atoms with E-state index in [1.54, 1.807) is 0 Å². The summed E-state index contributed by atoms with van der Waals surface area (Å²) in [5.74, 6) is 2.50. The summed E-state index contributed by atoms with van der Waals surface area (Å²) in [6.45, 7) is 10.7. The Balaban J connectivity index is 0.000000148. The van der Waals surface area contributed by atoms with Gasteiger partial charge in [-0.3, -0.25) is 4.98 Å². The molecule has 1 aromatic heterocycles. The summed E-state index contributed by atoms with van der Waals surface area (Å²) in [6, 6.07) is 8.14. The van der Waals surface area contributed by atoms with Gasteiger partial charge in [-0.2, -0.15) is 0 Å². The second kappa shape index (κ2) is 10.0. The van der Waals surface area contributed by atoms with Crippen LogP contribution >= 0.6 is 0 Å². The van der Waals surface area contributed by atoms with Gasteiger partial charge in [0.05, 0.1) is 11.4 Å². The van der Waals surface area contributed by atoms with Gasteiger partial charge >= 0.3 is 0 Å². The van der Waals surface area contributed by atoms with Gasteiger partial charge in [-0.25, -0.2) is 0 Å². The highest BCUT2D eigenvalue weighted by atomic mass is 16.5. The lowest BCUT2D eigenvalue weighted by Gasteiger charge is -2.26. The van der Waals surface area contributed by atoms with Crippen LogP contribution in [0.15, 0.2) is 36.7 Å². The van der Waals surface area contributed by atoms with Crippen LogP contribution in [0.25, 0.3) is 11.1 Å². The van der Waals surface area contributed by atoms with Crippen LogP contribution in [0.3, 0.4) is 0 Å². The predicted molar refractivity (Wildman–Crippen MR) is 147 cm³/mol. The van der Waals surface area contributed by atoms with E-state index in [0.717, 1.165) is 48.8 Å². The van der Waals surface area contributed by atoms with E-state index in [0.29, 0.717) is 5.92 Å². The SMILES string of the molecule is Cc1cc(N)c2c(c1-c1ccncc1)C[C@@H](C)O2.Cc1cc(N)c2c(c1C1CCNCC1)C[C@@H](C)O2. The molecular weight excluding hydrogens is 448 g/mol. The van der Waals surface area contributed by atoms with Crippen LogP contribution in [0, 0.1) is 13.8 Å². The Morgan fingerprint density at radius 1 is 0.833 bits per heavy atom. The molecular formula is C30H38N4O2. The largest absolute Gasteiger partial charge is 0.488 e. The molecule has 3 aliphatic rings. The van der Waals surface area contributed by atoms with Gasteiger partial charge in [0.15, 0.2) is 0 Å². The lowest BCUT2D eigenvalue weighted by molar-refractivity contribution is 0.255. The van der Waals surface area contributed by atoms with Crippen molar-refractivity contribution >= 4 is 11.4 Å². The molecule has 2 aromatic carbocycles. The number of benzene rings is 2. The summed E-state index contributed by atoms with van der Waals surface area (Å²) >= 11 is 0. The minimum atomic E-state index is 0.199. The predicted octanol–water partition coefficient (Wildman–Crippen LogP) is 5.33. The number of aryl methyl sites for hydroxylation is 2. The van der Waals surface area contributed by atoms with Gasteiger partial charge in [-0.1, -0.05) is 0 Å². The molecule has 6 rings (SSSR count). The highest BCUT2D eigenvalue weighted by Gasteiger charge is 2.30. The van der Waals surface area contributed by atoms with E-state index in [1.165, 1.54) is 51.8 Å². The number of fused-ring (bicyclic) bond motifs is 2. The molecule has 2 atom stereocenters. The zero-order chi connectivity index (χ0) is 25.4. The van der Waals surface area contributed by atoms with Crippen LogP contribution in [0.1, 0.15) is 60.4 Å². The molecule has 36 heavy (non-hydrogen) atoms.